The van der Waals surface area contributed by atoms with Crippen LogP contribution in [-0.2, 0) is 24.2 Å². The molecule has 0 saturated carbocycles. The van der Waals surface area contributed by atoms with Gasteiger partial charge in [0.15, 0.2) is 0 Å². The fourth-order valence-electron chi connectivity index (χ4n) is 2.51. The number of rotatable bonds is 5. The summed E-state index contributed by atoms with van der Waals surface area (Å²) in [6, 6.07) is -0.0382. The molecule has 0 radical (unpaired) electrons. The Hall–Kier alpha value is -1.07. The third-order valence-electron chi connectivity index (χ3n) is 3.67. The van der Waals surface area contributed by atoms with Gasteiger partial charge in [-0.3, -0.25) is 4.79 Å². The van der Waals surface area contributed by atoms with E-state index in [0.29, 0.717) is 6.54 Å². The molecule has 2 N–H and O–H groups in total. The van der Waals surface area contributed by atoms with Crippen LogP contribution >= 0.6 is 12.4 Å². The van der Waals surface area contributed by atoms with Crippen LogP contribution in [0, 0.1) is 0 Å². The molecule has 1 atom stereocenters. The molecule has 1 aliphatic rings. The Morgan fingerprint density at radius 3 is 2.80 bits per heavy atom. The SMILES string of the molecule is CCc1noc(CC)c1CNC(=O)[C@@H]1CCCCN1.Cl. The van der Waals surface area contributed by atoms with E-state index < -0.39 is 0 Å². The van der Waals surface area contributed by atoms with Crippen LogP contribution in [0.15, 0.2) is 4.52 Å². The lowest BCUT2D eigenvalue weighted by molar-refractivity contribution is -0.123. The number of nitrogens with zero attached hydrogens (tertiary/aromatic N) is 1. The number of aromatic nitrogens is 1. The summed E-state index contributed by atoms with van der Waals surface area (Å²) in [6.45, 7) is 5.54. The molecular formula is C14H24ClN3O2. The van der Waals surface area contributed by atoms with Crippen molar-refractivity contribution in [3.8, 4) is 0 Å². The Morgan fingerprint density at radius 1 is 1.40 bits per heavy atom. The lowest BCUT2D eigenvalue weighted by Crippen LogP contribution is -2.46. The van der Waals surface area contributed by atoms with Crippen LogP contribution in [0.2, 0.25) is 0 Å². The van der Waals surface area contributed by atoms with Crippen molar-refractivity contribution in [3.05, 3.63) is 17.0 Å². The van der Waals surface area contributed by atoms with Crippen molar-refractivity contribution in [2.24, 2.45) is 0 Å². The molecule has 6 heteroatoms. The Labute approximate surface area is 126 Å². The minimum absolute atomic E-state index is 0. The Balaban J connectivity index is 0.00000200. The summed E-state index contributed by atoms with van der Waals surface area (Å²) in [5, 5.41) is 10.3. The number of halogens is 1. The molecule has 1 amide bonds. The summed E-state index contributed by atoms with van der Waals surface area (Å²) in [6.07, 6.45) is 4.85. The van der Waals surface area contributed by atoms with Gasteiger partial charge in [0.2, 0.25) is 5.91 Å². The van der Waals surface area contributed by atoms with E-state index in [2.05, 4.69) is 15.8 Å². The highest BCUT2D eigenvalue weighted by molar-refractivity contribution is 5.85. The summed E-state index contributed by atoms with van der Waals surface area (Å²) in [4.78, 5) is 12.1. The molecule has 0 unspecified atom stereocenters. The average molecular weight is 302 g/mol. The minimum atomic E-state index is -0.0382. The van der Waals surface area contributed by atoms with Crippen molar-refractivity contribution in [2.45, 2.75) is 58.5 Å². The normalized spacial score (nSPS) is 18.4. The standard InChI is InChI=1S/C14H23N3O2.ClH/c1-3-11-10(13(4-2)19-17-11)9-16-14(18)12-7-5-6-8-15-12;/h12,15H,3-9H2,1-2H3,(H,16,18);1H/t12-;/m0./s1. The maximum absolute atomic E-state index is 12.1. The van der Waals surface area contributed by atoms with E-state index in [0.717, 1.165) is 55.7 Å². The van der Waals surface area contributed by atoms with Gasteiger partial charge in [-0.15, -0.1) is 12.4 Å². The largest absolute Gasteiger partial charge is 0.361 e. The van der Waals surface area contributed by atoms with Gasteiger partial charge in [-0.1, -0.05) is 25.4 Å². The first-order chi connectivity index (χ1) is 9.26. The minimum Gasteiger partial charge on any atom is -0.361 e. The van der Waals surface area contributed by atoms with Crippen LogP contribution in [0.1, 0.15) is 50.1 Å². The van der Waals surface area contributed by atoms with Crippen molar-refractivity contribution in [1.29, 1.82) is 0 Å². The van der Waals surface area contributed by atoms with Crippen molar-refractivity contribution < 1.29 is 9.32 Å². The van der Waals surface area contributed by atoms with Gasteiger partial charge in [0.25, 0.3) is 0 Å². The van der Waals surface area contributed by atoms with Gasteiger partial charge < -0.3 is 15.2 Å². The van der Waals surface area contributed by atoms with Crippen LogP contribution in [0.5, 0.6) is 0 Å². The average Bonchev–Trinajstić information content (AvgIpc) is 2.87. The quantitative estimate of drug-likeness (QED) is 0.873. The van der Waals surface area contributed by atoms with Crippen molar-refractivity contribution in [1.82, 2.24) is 15.8 Å². The van der Waals surface area contributed by atoms with E-state index in [1.165, 1.54) is 0 Å². The molecule has 0 aromatic carbocycles. The fourth-order valence-corrected chi connectivity index (χ4v) is 2.51. The first-order valence-corrected chi connectivity index (χ1v) is 7.23. The summed E-state index contributed by atoms with van der Waals surface area (Å²) in [7, 11) is 0. The zero-order chi connectivity index (χ0) is 13.7. The number of nitrogens with one attached hydrogen (secondary N) is 2. The second-order valence-corrected chi connectivity index (χ2v) is 4.96. The van der Waals surface area contributed by atoms with E-state index >= 15 is 0 Å². The number of amides is 1. The molecule has 0 bridgehead atoms. The highest BCUT2D eigenvalue weighted by Crippen LogP contribution is 2.15. The molecule has 20 heavy (non-hydrogen) atoms. The number of hydrogen-bond donors (Lipinski definition) is 2. The Bertz CT molecular complexity index is 407. The molecule has 1 aliphatic heterocycles. The van der Waals surface area contributed by atoms with Gasteiger partial charge in [-0.25, -0.2) is 0 Å². The smallest absolute Gasteiger partial charge is 0.237 e. The topological polar surface area (TPSA) is 67.2 Å². The first-order valence-electron chi connectivity index (χ1n) is 7.23. The molecule has 114 valence electrons. The predicted octanol–water partition coefficient (Wildman–Crippen LogP) is 1.98. The van der Waals surface area contributed by atoms with Crippen LogP contribution in [0.3, 0.4) is 0 Å². The molecule has 0 spiro atoms. The maximum atomic E-state index is 12.1. The second kappa shape index (κ2) is 8.27. The van der Waals surface area contributed by atoms with Gasteiger partial charge in [0.1, 0.15) is 5.76 Å². The number of carbonyl (C=O) groups is 1. The second-order valence-electron chi connectivity index (χ2n) is 4.96. The van der Waals surface area contributed by atoms with E-state index in [-0.39, 0.29) is 24.4 Å². The summed E-state index contributed by atoms with van der Waals surface area (Å²) in [5.74, 6) is 0.971. The number of hydrogen-bond acceptors (Lipinski definition) is 4. The molecule has 5 nitrogen and oxygen atoms in total. The summed E-state index contributed by atoms with van der Waals surface area (Å²) in [5.41, 5.74) is 2.00. The van der Waals surface area contributed by atoms with Gasteiger partial charge in [-0.05, 0) is 25.8 Å². The lowest BCUT2D eigenvalue weighted by Gasteiger charge is -2.22. The third kappa shape index (κ3) is 3.96. The zero-order valence-electron chi connectivity index (χ0n) is 12.2. The van der Waals surface area contributed by atoms with E-state index in [9.17, 15) is 4.79 Å². The number of carbonyl (C=O) groups excluding carboxylic acids is 1. The summed E-state index contributed by atoms with van der Waals surface area (Å²) < 4.78 is 5.30. The highest BCUT2D eigenvalue weighted by atomic mass is 35.5. The van der Waals surface area contributed by atoms with Gasteiger partial charge in [0, 0.05) is 18.5 Å². The van der Waals surface area contributed by atoms with Gasteiger partial charge >= 0.3 is 0 Å². The van der Waals surface area contributed by atoms with E-state index in [1.54, 1.807) is 0 Å². The monoisotopic (exact) mass is 301 g/mol. The summed E-state index contributed by atoms with van der Waals surface area (Å²) >= 11 is 0. The van der Waals surface area contributed by atoms with E-state index in [4.69, 9.17) is 4.52 Å². The Morgan fingerprint density at radius 2 is 2.20 bits per heavy atom. The van der Waals surface area contributed by atoms with Gasteiger partial charge in [-0.2, -0.15) is 0 Å². The molecule has 1 aromatic rings. The molecule has 2 rings (SSSR count). The first kappa shape index (κ1) is 17.0. The number of piperidine rings is 1. The van der Waals surface area contributed by atoms with Crippen LogP contribution in [-0.4, -0.2) is 23.7 Å². The van der Waals surface area contributed by atoms with Crippen LogP contribution in [0.25, 0.3) is 0 Å². The van der Waals surface area contributed by atoms with E-state index in [1.807, 2.05) is 13.8 Å². The third-order valence-corrected chi connectivity index (χ3v) is 3.67. The lowest BCUT2D eigenvalue weighted by atomic mass is 10.0. The molecule has 0 aliphatic carbocycles. The molecule has 1 fully saturated rings. The van der Waals surface area contributed by atoms with Crippen molar-refractivity contribution in [3.63, 3.8) is 0 Å². The number of aryl methyl sites for hydroxylation is 2. The zero-order valence-corrected chi connectivity index (χ0v) is 13.0. The molecule has 1 aromatic heterocycles. The van der Waals surface area contributed by atoms with Gasteiger partial charge in [0.05, 0.1) is 11.7 Å². The fraction of sp³-hybridized carbons (Fsp3) is 0.714. The maximum Gasteiger partial charge on any atom is 0.237 e. The molecule has 2 heterocycles. The predicted molar refractivity (Wildman–Crippen MR) is 80.0 cm³/mol. The van der Waals surface area contributed by atoms with Crippen LogP contribution in [0.4, 0.5) is 0 Å². The van der Waals surface area contributed by atoms with Crippen molar-refractivity contribution in [2.75, 3.05) is 6.54 Å². The molecular weight excluding hydrogens is 278 g/mol. The van der Waals surface area contributed by atoms with Crippen LogP contribution < -0.4 is 10.6 Å². The molecule has 1 saturated heterocycles. The Kier molecular flexibility index (Phi) is 7.02. The van der Waals surface area contributed by atoms with Crippen molar-refractivity contribution >= 4 is 18.3 Å². The highest BCUT2D eigenvalue weighted by Gasteiger charge is 2.21.